The molecule has 4 nitrogen and oxygen atoms in total. The summed E-state index contributed by atoms with van der Waals surface area (Å²) in [4.78, 5) is 15.6. The molecule has 0 spiro atoms. The first-order valence-electron chi connectivity index (χ1n) is 10.9. The highest BCUT2D eigenvalue weighted by Crippen LogP contribution is 2.47. The second kappa shape index (κ2) is 7.77. The molecule has 1 aliphatic carbocycles. The fourth-order valence-electron chi connectivity index (χ4n) is 5.43. The van der Waals surface area contributed by atoms with Gasteiger partial charge in [0.25, 0.3) is 5.91 Å². The van der Waals surface area contributed by atoms with Crippen LogP contribution in [0.5, 0.6) is 0 Å². The van der Waals surface area contributed by atoms with Crippen LogP contribution in [0.1, 0.15) is 48.0 Å². The van der Waals surface area contributed by atoms with Gasteiger partial charge in [-0.25, -0.2) is 0 Å². The average molecular weight is 402 g/mol. The molecular weight excluding hydrogens is 374 g/mol. The number of fused-ring (bicyclic) bond motifs is 1. The van der Waals surface area contributed by atoms with Crippen molar-refractivity contribution < 1.29 is 14.3 Å². The standard InChI is InChI=1S/C26H27NO3/c28-25(20-9-6-8-19(18-20)24-14-7-17-30-24)27-16-15-26(29,21-10-2-1-3-11-21)22-12-4-5-13-23(22)27/h1-3,6-11,14,17-18,22-23,29H,4-5,12-13,15-16H2/t22-,23+,26?/m0/s1. The summed E-state index contributed by atoms with van der Waals surface area (Å²) < 4.78 is 5.50. The lowest BCUT2D eigenvalue weighted by Crippen LogP contribution is -2.59. The zero-order valence-electron chi connectivity index (χ0n) is 17.0. The predicted octanol–water partition coefficient (Wildman–Crippen LogP) is 5.24. The summed E-state index contributed by atoms with van der Waals surface area (Å²) in [5.74, 6) is 0.882. The molecule has 1 saturated carbocycles. The molecule has 2 heterocycles. The number of carbonyl (C=O) groups excluding carboxylic acids is 1. The van der Waals surface area contributed by atoms with E-state index < -0.39 is 5.60 Å². The molecule has 4 heteroatoms. The molecule has 30 heavy (non-hydrogen) atoms. The van der Waals surface area contributed by atoms with E-state index in [2.05, 4.69) is 0 Å². The van der Waals surface area contributed by atoms with Crippen LogP contribution in [-0.4, -0.2) is 28.5 Å². The van der Waals surface area contributed by atoms with Gasteiger partial charge in [0.05, 0.1) is 11.9 Å². The van der Waals surface area contributed by atoms with E-state index in [1.165, 1.54) is 0 Å². The summed E-state index contributed by atoms with van der Waals surface area (Å²) in [6, 6.07) is 21.5. The summed E-state index contributed by atoms with van der Waals surface area (Å²) in [6.07, 6.45) is 6.32. The van der Waals surface area contributed by atoms with Crippen LogP contribution < -0.4 is 0 Å². The van der Waals surface area contributed by atoms with Crippen molar-refractivity contribution in [3.63, 3.8) is 0 Å². The lowest BCUT2D eigenvalue weighted by molar-refractivity contribution is -0.110. The molecule has 1 saturated heterocycles. The Kier molecular flexibility index (Phi) is 4.95. The number of benzene rings is 2. The van der Waals surface area contributed by atoms with Gasteiger partial charge in [-0.1, -0.05) is 55.3 Å². The third-order valence-electron chi connectivity index (χ3n) is 6.93. The van der Waals surface area contributed by atoms with Crippen LogP contribution in [0.4, 0.5) is 0 Å². The molecule has 1 N–H and O–H groups in total. The highest BCUT2D eigenvalue weighted by molar-refractivity contribution is 5.95. The number of hydrogen-bond acceptors (Lipinski definition) is 3. The lowest BCUT2D eigenvalue weighted by atomic mass is 9.66. The van der Waals surface area contributed by atoms with Gasteiger partial charge in [0.1, 0.15) is 5.76 Å². The molecule has 3 aromatic rings. The molecular formula is C26H27NO3. The Balaban J connectivity index is 1.45. The van der Waals surface area contributed by atoms with Crippen molar-refractivity contribution >= 4 is 5.91 Å². The molecule has 3 atom stereocenters. The predicted molar refractivity (Wildman–Crippen MR) is 116 cm³/mol. The van der Waals surface area contributed by atoms with Crippen LogP contribution in [0.25, 0.3) is 11.3 Å². The van der Waals surface area contributed by atoms with Gasteiger partial charge in [-0.3, -0.25) is 4.79 Å². The second-order valence-electron chi connectivity index (χ2n) is 8.56. The van der Waals surface area contributed by atoms with Gasteiger partial charge < -0.3 is 14.4 Å². The highest BCUT2D eigenvalue weighted by atomic mass is 16.3. The minimum absolute atomic E-state index is 0.0513. The number of piperidine rings is 1. The fraction of sp³-hybridized carbons (Fsp3) is 0.346. The van der Waals surface area contributed by atoms with Gasteiger partial charge >= 0.3 is 0 Å². The number of likely N-dealkylation sites (tertiary alicyclic amines) is 1. The van der Waals surface area contributed by atoms with E-state index in [0.29, 0.717) is 18.5 Å². The maximum absolute atomic E-state index is 13.5. The van der Waals surface area contributed by atoms with E-state index >= 15 is 0 Å². The van der Waals surface area contributed by atoms with E-state index in [1.807, 2.05) is 71.6 Å². The Labute approximate surface area is 177 Å². The van der Waals surface area contributed by atoms with E-state index in [4.69, 9.17) is 4.42 Å². The smallest absolute Gasteiger partial charge is 0.254 e. The summed E-state index contributed by atoms with van der Waals surface area (Å²) in [5.41, 5.74) is 1.70. The first-order valence-corrected chi connectivity index (χ1v) is 10.9. The first-order chi connectivity index (χ1) is 14.7. The number of nitrogens with zero attached hydrogens (tertiary/aromatic N) is 1. The van der Waals surface area contributed by atoms with Crippen molar-refractivity contribution in [1.82, 2.24) is 4.90 Å². The lowest BCUT2D eigenvalue weighted by Gasteiger charge is -2.52. The monoisotopic (exact) mass is 401 g/mol. The third kappa shape index (κ3) is 3.25. The molecule has 2 aromatic carbocycles. The number of carbonyl (C=O) groups is 1. The van der Waals surface area contributed by atoms with Crippen molar-refractivity contribution in [1.29, 1.82) is 0 Å². The van der Waals surface area contributed by atoms with Crippen LogP contribution in [0.15, 0.2) is 77.4 Å². The molecule has 0 bridgehead atoms. The van der Waals surface area contributed by atoms with E-state index in [0.717, 1.165) is 42.6 Å². The number of rotatable bonds is 3. The first kappa shape index (κ1) is 19.1. The van der Waals surface area contributed by atoms with Gasteiger partial charge in [0.2, 0.25) is 0 Å². The van der Waals surface area contributed by atoms with Gasteiger partial charge in [0, 0.05) is 29.6 Å². The van der Waals surface area contributed by atoms with Crippen molar-refractivity contribution in [2.24, 2.45) is 5.92 Å². The molecule has 2 fully saturated rings. The van der Waals surface area contributed by atoms with Crippen molar-refractivity contribution in [2.75, 3.05) is 6.54 Å². The van der Waals surface area contributed by atoms with Crippen LogP contribution in [0, 0.1) is 5.92 Å². The van der Waals surface area contributed by atoms with E-state index in [9.17, 15) is 9.90 Å². The van der Waals surface area contributed by atoms with Crippen molar-refractivity contribution in [2.45, 2.75) is 43.7 Å². The van der Waals surface area contributed by atoms with Gasteiger partial charge in [0.15, 0.2) is 0 Å². The summed E-state index contributed by atoms with van der Waals surface area (Å²) in [5, 5.41) is 11.7. The fourth-order valence-corrected chi connectivity index (χ4v) is 5.43. The maximum Gasteiger partial charge on any atom is 0.254 e. The van der Waals surface area contributed by atoms with Gasteiger partial charge in [-0.05, 0) is 49.1 Å². The van der Waals surface area contributed by atoms with E-state index in [-0.39, 0.29) is 17.9 Å². The molecule has 2 aliphatic rings. The van der Waals surface area contributed by atoms with Crippen molar-refractivity contribution in [3.05, 3.63) is 84.1 Å². The largest absolute Gasteiger partial charge is 0.464 e. The molecule has 1 unspecified atom stereocenters. The number of aliphatic hydroxyl groups is 1. The van der Waals surface area contributed by atoms with Gasteiger partial charge in [-0.15, -0.1) is 0 Å². The Hall–Kier alpha value is -2.85. The summed E-state index contributed by atoms with van der Waals surface area (Å²) in [7, 11) is 0. The SMILES string of the molecule is O=C(c1cccc(-c2ccco2)c1)N1CCC(O)(c2ccccc2)[C@H]2CCCC[C@H]21. The molecule has 1 aliphatic heterocycles. The van der Waals surface area contributed by atoms with Crippen LogP contribution in [0.2, 0.25) is 0 Å². The topological polar surface area (TPSA) is 53.7 Å². The van der Waals surface area contributed by atoms with E-state index in [1.54, 1.807) is 6.26 Å². The third-order valence-corrected chi connectivity index (χ3v) is 6.93. The Morgan fingerprint density at radius 1 is 1.00 bits per heavy atom. The normalized spacial score (nSPS) is 26.2. The van der Waals surface area contributed by atoms with Crippen molar-refractivity contribution in [3.8, 4) is 11.3 Å². The molecule has 5 rings (SSSR count). The molecule has 1 amide bonds. The maximum atomic E-state index is 13.5. The summed E-state index contributed by atoms with van der Waals surface area (Å²) >= 11 is 0. The Morgan fingerprint density at radius 2 is 1.83 bits per heavy atom. The van der Waals surface area contributed by atoms with Crippen LogP contribution in [-0.2, 0) is 5.60 Å². The van der Waals surface area contributed by atoms with Gasteiger partial charge in [-0.2, -0.15) is 0 Å². The molecule has 154 valence electrons. The zero-order valence-corrected chi connectivity index (χ0v) is 17.0. The second-order valence-corrected chi connectivity index (χ2v) is 8.56. The minimum Gasteiger partial charge on any atom is -0.464 e. The minimum atomic E-state index is -0.862. The van der Waals surface area contributed by atoms with Crippen LogP contribution >= 0.6 is 0 Å². The Bertz CT molecular complexity index is 1010. The summed E-state index contributed by atoms with van der Waals surface area (Å²) in [6.45, 7) is 0.566. The molecule has 0 radical (unpaired) electrons. The Morgan fingerprint density at radius 3 is 2.63 bits per heavy atom. The average Bonchev–Trinajstić information content (AvgIpc) is 3.35. The number of furan rings is 1. The molecule has 1 aromatic heterocycles. The van der Waals surface area contributed by atoms with Crippen LogP contribution in [0.3, 0.4) is 0 Å². The highest BCUT2D eigenvalue weighted by Gasteiger charge is 2.50. The number of hydrogen-bond donors (Lipinski definition) is 1. The quantitative estimate of drug-likeness (QED) is 0.653. The zero-order chi connectivity index (χ0) is 20.6. The number of amides is 1.